The minimum Gasteiger partial charge on any atom is -0.322 e. The lowest BCUT2D eigenvalue weighted by atomic mass is 10.3. The maximum absolute atomic E-state index is 11.6. The molecule has 1 amide bonds. The summed E-state index contributed by atoms with van der Waals surface area (Å²) in [5.74, 6) is -2.51. The number of hydrogen-bond acceptors (Lipinski definition) is 2. The molecular formula is C7H8F3NO2. The molecule has 0 radical (unpaired) electrons. The van der Waals surface area contributed by atoms with E-state index in [1.807, 2.05) is 0 Å². The van der Waals surface area contributed by atoms with Crippen molar-refractivity contribution in [2.24, 2.45) is 0 Å². The summed E-state index contributed by atoms with van der Waals surface area (Å²) in [6.07, 6.45) is -4.02. The van der Waals surface area contributed by atoms with Crippen LogP contribution in [-0.2, 0) is 9.59 Å². The number of rotatable bonds is 2. The van der Waals surface area contributed by atoms with Crippen molar-refractivity contribution < 1.29 is 22.8 Å². The Morgan fingerprint density at radius 3 is 2.00 bits per heavy atom. The van der Waals surface area contributed by atoms with Crippen LogP contribution < -0.4 is 5.32 Å². The Morgan fingerprint density at radius 1 is 1.23 bits per heavy atom. The molecule has 0 spiro atoms. The SMILES string of the molecule is CC(=O)/C=C(/C)NC(=O)C(F)(F)F. The first-order chi connectivity index (χ1) is 5.73. The molecule has 0 rings (SSSR count). The molecule has 0 saturated heterocycles. The second-order valence-electron chi connectivity index (χ2n) is 2.39. The summed E-state index contributed by atoms with van der Waals surface area (Å²) >= 11 is 0. The van der Waals surface area contributed by atoms with Crippen molar-refractivity contribution in [3.8, 4) is 0 Å². The Bertz CT molecular complexity index is 255. The van der Waals surface area contributed by atoms with Crippen molar-refractivity contribution in [1.82, 2.24) is 5.32 Å². The lowest BCUT2D eigenvalue weighted by Crippen LogP contribution is -2.35. The molecule has 74 valence electrons. The number of carbonyl (C=O) groups is 2. The van der Waals surface area contributed by atoms with Gasteiger partial charge >= 0.3 is 12.1 Å². The van der Waals surface area contributed by atoms with Crippen molar-refractivity contribution in [2.45, 2.75) is 20.0 Å². The fourth-order valence-corrected chi connectivity index (χ4v) is 0.591. The van der Waals surface area contributed by atoms with E-state index in [9.17, 15) is 22.8 Å². The van der Waals surface area contributed by atoms with Crippen LogP contribution in [0.4, 0.5) is 13.2 Å². The maximum atomic E-state index is 11.6. The van der Waals surface area contributed by atoms with Crippen LogP contribution in [0.15, 0.2) is 11.8 Å². The second kappa shape index (κ2) is 4.06. The van der Waals surface area contributed by atoms with E-state index >= 15 is 0 Å². The zero-order valence-corrected chi connectivity index (χ0v) is 7.03. The zero-order valence-electron chi connectivity index (χ0n) is 7.03. The van der Waals surface area contributed by atoms with Gasteiger partial charge < -0.3 is 5.32 Å². The third-order valence-electron chi connectivity index (χ3n) is 0.988. The number of nitrogens with one attached hydrogen (secondary N) is 1. The number of allylic oxidation sites excluding steroid dienone is 2. The number of ketones is 1. The van der Waals surface area contributed by atoms with Gasteiger partial charge in [0.1, 0.15) is 0 Å². The van der Waals surface area contributed by atoms with Gasteiger partial charge in [-0.3, -0.25) is 9.59 Å². The normalized spacial score (nSPS) is 12.5. The average molecular weight is 195 g/mol. The van der Waals surface area contributed by atoms with Crippen LogP contribution in [0, 0.1) is 0 Å². The summed E-state index contributed by atoms with van der Waals surface area (Å²) in [6, 6.07) is 0. The van der Waals surface area contributed by atoms with E-state index in [0.717, 1.165) is 6.08 Å². The summed E-state index contributed by atoms with van der Waals surface area (Å²) in [5, 5.41) is 1.53. The molecule has 13 heavy (non-hydrogen) atoms. The monoisotopic (exact) mass is 195 g/mol. The van der Waals surface area contributed by atoms with Gasteiger partial charge in [-0.1, -0.05) is 0 Å². The van der Waals surface area contributed by atoms with Crippen molar-refractivity contribution >= 4 is 11.7 Å². The lowest BCUT2D eigenvalue weighted by Gasteiger charge is -2.06. The van der Waals surface area contributed by atoms with Crippen molar-refractivity contribution in [1.29, 1.82) is 0 Å². The molecule has 0 aromatic rings. The van der Waals surface area contributed by atoms with Gasteiger partial charge in [0.05, 0.1) is 0 Å². The highest BCUT2D eigenvalue weighted by Gasteiger charge is 2.38. The first-order valence-corrected chi connectivity index (χ1v) is 3.30. The average Bonchev–Trinajstić information content (AvgIpc) is 1.82. The molecule has 0 atom stereocenters. The Labute approximate surface area is 72.6 Å². The molecule has 0 aromatic carbocycles. The predicted molar refractivity (Wildman–Crippen MR) is 38.6 cm³/mol. The van der Waals surface area contributed by atoms with Crippen molar-refractivity contribution in [3.05, 3.63) is 11.8 Å². The molecule has 0 aliphatic heterocycles. The fourth-order valence-electron chi connectivity index (χ4n) is 0.591. The van der Waals surface area contributed by atoms with Crippen LogP contribution in [0.25, 0.3) is 0 Å². The van der Waals surface area contributed by atoms with E-state index in [0.29, 0.717) is 0 Å². The zero-order chi connectivity index (χ0) is 10.6. The molecule has 0 aromatic heterocycles. The minimum absolute atomic E-state index is 0.130. The molecular weight excluding hydrogens is 187 g/mol. The number of carbonyl (C=O) groups excluding carboxylic acids is 2. The number of halogens is 3. The molecule has 0 aliphatic carbocycles. The molecule has 0 unspecified atom stereocenters. The van der Waals surface area contributed by atoms with Crippen molar-refractivity contribution in [3.63, 3.8) is 0 Å². The molecule has 1 N–H and O–H groups in total. The van der Waals surface area contributed by atoms with E-state index in [-0.39, 0.29) is 5.70 Å². The van der Waals surface area contributed by atoms with E-state index < -0.39 is 17.9 Å². The first-order valence-electron chi connectivity index (χ1n) is 3.30. The van der Waals surface area contributed by atoms with Gasteiger partial charge in [-0.2, -0.15) is 13.2 Å². The molecule has 0 fully saturated rings. The van der Waals surface area contributed by atoms with E-state index in [2.05, 4.69) is 0 Å². The van der Waals surface area contributed by atoms with Gasteiger partial charge in [0.2, 0.25) is 0 Å². The molecule has 0 saturated carbocycles. The van der Waals surface area contributed by atoms with Gasteiger partial charge in [0, 0.05) is 5.70 Å². The smallest absolute Gasteiger partial charge is 0.322 e. The molecule has 0 aliphatic rings. The largest absolute Gasteiger partial charge is 0.471 e. The van der Waals surface area contributed by atoms with Crippen LogP contribution in [0.5, 0.6) is 0 Å². The quantitative estimate of drug-likeness (QED) is 0.672. The first kappa shape index (κ1) is 11.7. The van der Waals surface area contributed by atoms with Crippen LogP contribution in [0.3, 0.4) is 0 Å². The highest BCUT2D eigenvalue weighted by molar-refractivity contribution is 5.89. The molecule has 0 bridgehead atoms. The van der Waals surface area contributed by atoms with Gasteiger partial charge in [0.25, 0.3) is 0 Å². The summed E-state index contributed by atoms with van der Waals surface area (Å²) in [4.78, 5) is 20.6. The van der Waals surface area contributed by atoms with E-state index in [1.54, 1.807) is 0 Å². The van der Waals surface area contributed by atoms with Gasteiger partial charge in [-0.15, -0.1) is 0 Å². The van der Waals surface area contributed by atoms with Gasteiger partial charge in [-0.25, -0.2) is 0 Å². The van der Waals surface area contributed by atoms with Crippen molar-refractivity contribution in [2.75, 3.05) is 0 Å². The summed E-state index contributed by atoms with van der Waals surface area (Å²) in [5.41, 5.74) is -0.130. The Morgan fingerprint density at radius 2 is 1.69 bits per heavy atom. The Kier molecular flexibility index (Phi) is 3.65. The number of alkyl halides is 3. The summed E-state index contributed by atoms with van der Waals surface area (Å²) in [7, 11) is 0. The maximum Gasteiger partial charge on any atom is 0.471 e. The third-order valence-corrected chi connectivity index (χ3v) is 0.988. The van der Waals surface area contributed by atoms with Crippen LogP contribution in [0.1, 0.15) is 13.8 Å². The van der Waals surface area contributed by atoms with Gasteiger partial charge in [-0.05, 0) is 19.9 Å². The van der Waals surface area contributed by atoms with Gasteiger partial charge in [0.15, 0.2) is 5.78 Å². The summed E-state index contributed by atoms with van der Waals surface area (Å²) in [6.45, 7) is 2.37. The predicted octanol–water partition coefficient (Wildman–Crippen LogP) is 1.16. The molecule has 3 nitrogen and oxygen atoms in total. The van der Waals surface area contributed by atoms with Crippen LogP contribution in [-0.4, -0.2) is 17.9 Å². The summed E-state index contributed by atoms with van der Waals surface area (Å²) < 4.78 is 34.9. The molecule has 6 heteroatoms. The third kappa shape index (κ3) is 5.00. The molecule has 0 heterocycles. The lowest BCUT2D eigenvalue weighted by molar-refractivity contribution is -0.172. The number of hydrogen-bond donors (Lipinski definition) is 1. The Balaban J connectivity index is 4.31. The van der Waals surface area contributed by atoms with Crippen LogP contribution >= 0.6 is 0 Å². The van der Waals surface area contributed by atoms with E-state index in [4.69, 9.17) is 0 Å². The highest BCUT2D eigenvalue weighted by atomic mass is 19.4. The second-order valence-corrected chi connectivity index (χ2v) is 2.39. The number of amides is 1. The highest BCUT2D eigenvalue weighted by Crippen LogP contribution is 2.14. The minimum atomic E-state index is -4.92. The Hall–Kier alpha value is -1.33. The standard InChI is InChI=1S/C7H8F3NO2/c1-4(3-5(2)12)11-6(13)7(8,9)10/h3H,1-2H3,(H,11,13)/b4-3-. The van der Waals surface area contributed by atoms with E-state index in [1.165, 1.54) is 19.2 Å². The van der Waals surface area contributed by atoms with Crippen LogP contribution in [0.2, 0.25) is 0 Å². The fraction of sp³-hybridized carbons (Fsp3) is 0.429. The topological polar surface area (TPSA) is 46.2 Å².